The Hall–Kier alpha value is -1.36. The van der Waals surface area contributed by atoms with Crippen molar-refractivity contribution >= 4 is 11.8 Å². The van der Waals surface area contributed by atoms with Crippen molar-refractivity contribution in [2.24, 2.45) is 0 Å². The second-order valence-corrected chi connectivity index (χ2v) is 4.74. The van der Waals surface area contributed by atoms with E-state index in [1.807, 2.05) is 13.0 Å². The van der Waals surface area contributed by atoms with Crippen LogP contribution in [0.2, 0.25) is 0 Å². The van der Waals surface area contributed by atoms with Gasteiger partial charge in [-0.15, -0.1) is 0 Å². The van der Waals surface area contributed by atoms with Crippen LogP contribution in [0, 0.1) is 6.92 Å². The Kier molecular flexibility index (Phi) is 2.71. The highest BCUT2D eigenvalue weighted by molar-refractivity contribution is 5.46. The number of rotatable bonds is 1. The van der Waals surface area contributed by atoms with Gasteiger partial charge in [-0.2, -0.15) is 4.98 Å². The summed E-state index contributed by atoms with van der Waals surface area (Å²) in [7, 11) is 0. The van der Waals surface area contributed by atoms with Crippen LogP contribution in [-0.4, -0.2) is 35.3 Å². The lowest BCUT2D eigenvalue weighted by Gasteiger charge is -2.43. The van der Waals surface area contributed by atoms with Gasteiger partial charge in [-0.1, -0.05) is 0 Å². The molecule has 5 nitrogen and oxygen atoms in total. The van der Waals surface area contributed by atoms with E-state index >= 15 is 0 Å². The number of hydrogen-bond acceptors (Lipinski definition) is 5. The zero-order chi connectivity index (χ0) is 11.8. The molecule has 0 spiro atoms. The van der Waals surface area contributed by atoms with Crippen molar-refractivity contribution in [2.75, 3.05) is 30.4 Å². The topological polar surface area (TPSA) is 64.3 Å². The molecule has 88 valence electrons. The maximum absolute atomic E-state index is 5.67. The van der Waals surface area contributed by atoms with Crippen LogP contribution in [0.1, 0.15) is 19.5 Å². The van der Waals surface area contributed by atoms with Gasteiger partial charge in [-0.05, 0) is 20.8 Å². The average Bonchev–Trinajstić information content (AvgIpc) is 2.15. The minimum Gasteiger partial charge on any atom is -0.377 e. The van der Waals surface area contributed by atoms with E-state index < -0.39 is 0 Å². The monoisotopic (exact) mass is 222 g/mol. The summed E-state index contributed by atoms with van der Waals surface area (Å²) in [4.78, 5) is 10.6. The molecule has 0 amide bonds. The van der Waals surface area contributed by atoms with Crippen LogP contribution in [0.15, 0.2) is 6.07 Å². The van der Waals surface area contributed by atoms with Crippen LogP contribution in [0.5, 0.6) is 0 Å². The SMILES string of the molecule is Cc1cc(N2CCOCC2(C)C)nc(N)n1. The molecule has 1 aromatic rings. The van der Waals surface area contributed by atoms with Crippen LogP contribution < -0.4 is 10.6 Å². The van der Waals surface area contributed by atoms with Crippen LogP contribution >= 0.6 is 0 Å². The Labute approximate surface area is 95.6 Å². The third-order valence-electron chi connectivity index (χ3n) is 2.78. The summed E-state index contributed by atoms with van der Waals surface area (Å²) in [5.74, 6) is 1.22. The van der Waals surface area contributed by atoms with Crippen molar-refractivity contribution in [3.8, 4) is 0 Å². The van der Waals surface area contributed by atoms with Gasteiger partial charge in [0.25, 0.3) is 0 Å². The fraction of sp³-hybridized carbons (Fsp3) is 0.636. The third kappa shape index (κ3) is 2.09. The molecule has 0 radical (unpaired) electrons. The number of ether oxygens (including phenoxy) is 1. The van der Waals surface area contributed by atoms with E-state index in [9.17, 15) is 0 Å². The zero-order valence-electron chi connectivity index (χ0n) is 10.0. The summed E-state index contributed by atoms with van der Waals surface area (Å²) in [5, 5.41) is 0. The Morgan fingerprint density at radius 1 is 1.44 bits per heavy atom. The quantitative estimate of drug-likeness (QED) is 0.767. The Balaban J connectivity index is 2.34. The smallest absolute Gasteiger partial charge is 0.222 e. The first-order valence-electron chi connectivity index (χ1n) is 5.45. The molecule has 1 aliphatic rings. The van der Waals surface area contributed by atoms with Crippen molar-refractivity contribution in [1.82, 2.24) is 9.97 Å². The van der Waals surface area contributed by atoms with Crippen LogP contribution in [0.3, 0.4) is 0 Å². The second-order valence-electron chi connectivity index (χ2n) is 4.74. The van der Waals surface area contributed by atoms with Gasteiger partial charge in [-0.3, -0.25) is 0 Å². The molecule has 0 aliphatic carbocycles. The summed E-state index contributed by atoms with van der Waals surface area (Å²) in [6.45, 7) is 8.47. The first-order valence-corrected chi connectivity index (χ1v) is 5.45. The lowest BCUT2D eigenvalue weighted by molar-refractivity contribution is 0.0639. The lowest BCUT2D eigenvalue weighted by atomic mass is 10.0. The molecule has 1 saturated heterocycles. The molecule has 1 aliphatic heterocycles. The van der Waals surface area contributed by atoms with E-state index in [0.29, 0.717) is 12.6 Å². The molecule has 5 heteroatoms. The van der Waals surface area contributed by atoms with Crippen molar-refractivity contribution in [2.45, 2.75) is 26.3 Å². The molecule has 2 N–H and O–H groups in total. The molecule has 2 rings (SSSR count). The Morgan fingerprint density at radius 3 is 2.81 bits per heavy atom. The lowest BCUT2D eigenvalue weighted by Crippen LogP contribution is -2.53. The van der Waals surface area contributed by atoms with Gasteiger partial charge < -0.3 is 15.4 Å². The van der Waals surface area contributed by atoms with E-state index in [0.717, 1.165) is 24.7 Å². The molecule has 1 fully saturated rings. The highest BCUT2D eigenvalue weighted by Crippen LogP contribution is 2.25. The third-order valence-corrected chi connectivity index (χ3v) is 2.78. The molecular formula is C11H18N4O. The van der Waals surface area contributed by atoms with Gasteiger partial charge in [0.15, 0.2) is 0 Å². The van der Waals surface area contributed by atoms with Crippen LogP contribution in [0.25, 0.3) is 0 Å². The average molecular weight is 222 g/mol. The van der Waals surface area contributed by atoms with E-state index in [1.165, 1.54) is 0 Å². The predicted octanol–water partition coefficient (Wildman–Crippen LogP) is 0.982. The normalized spacial score (nSPS) is 19.8. The Morgan fingerprint density at radius 2 is 2.19 bits per heavy atom. The molecule has 0 unspecified atom stereocenters. The summed E-state index contributed by atoms with van der Waals surface area (Å²) in [6, 6.07) is 1.96. The minimum absolute atomic E-state index is 0.0501. The van der Waals surface area contributed by atoms with E-state index in [1.54, 1.807) is 0 Å². The summed E-state index contributed by atoms with van der Waals surface area (Å²) in [6.07, 6.45) is 0. The molecule has 0 saturated carbocycles. The van der Waals surface area contributed by atoms with Gasteiger partial charge in [0.05, 0.1) is 18.8 Å². The highest BCUT2D eigenvalue weighted by Gasteiger charge is 2.31. The van der Waals surface area contributed by atoms with Crippen molar-refractivity contribution < 1.29 is 4.74 Å². The summed E-state index contributed by atoms with van der Waals surface area (Å²) >= 11 is 0. The molecule has 0 aromatic carbocycles. The largest absolute Gasteiger partial charge is 0.377 e. The van der Waals surface area contributed by atoms with Gasteiger partial charge in [0.1, 0.15) is 5.82 Å². The molecule has 1 aromatic heterocycles. The van der Waals surface area contributed by atoms with Gasteiger partial charge in [0, 0.05) is 18.3 Å². The van der Waals surface area contributed by atoms with Gasteiger partial charge >= 0.3 is 0 Å². The summed E-state index contributed by atoms with van der Waals surface area (Å²) < 4.78 is 5.48. The maximum atomic E-state index is 5.67. The number of hydrogen-bond donors (Lipinski definition) is 1. The number of aryl methyl sites for hydroxylation is 1. The van der Waals surface area contributed by atoms with E-state index in [-0.39, 0.29) is 5.54 Å². The van der Waals surface area contributed by atoms with Gasteiger partial charge in [0.2, 0.25) is 5.95 Å². The standard InChI is InChI=1S/C11H18N4O/c1-8-6-9(14-10(12)13-8)15-4-5-16-7-11(15,2)3/h6H,4-5,7H2,1-3H3,(H2,12,13,14). The molecule has 0 bridgehead atoms. The fourth-order valence-electron chi connectivity index (χ4n) is 2.00. The number of anilines is 2. The highest BCUT2D eigenvalue weighted by atomic mass is 16.5. The van der Waals surface area contributed by atoms with Crippen LogP contribution in [0.4, 0.5) is 11.8 Å². The second kappa shape index (κ2) is 3.90. The zero-order valence-corrected chi connectivity index (χ0v) is 10.0. The number of nitrogens with zero attached hydrogens (tertiary/aromatic N) is 3. The number of nitrogens with two attached hydrogens (primary N) is 1. The number of morpholine rings is 1. The van der Waals surface area contributed by atoms with E-state index in [2.05, 4.69) is 28.7 Å². The van der Waals surface area contributed by atoms with Crippen molar-refractivity contribution in [1.29, 1.82) is 0 Å². The number of nitrogen functional groups attached to an aromatic ring is 1. The minimum atomic E-state index is -0.0501. The maximum Gasteiger partial charge on any atom is 0.222 e. The molecule has 2 heterocycles. The molecule has 16 heavy (non-hydrogen) atoms. The van der Waals surface area contributed by atoms with Crippen molar-refractivity contribution in [3.63, 3.8) is 0 Å². The molecule has 0 atom stereocenters. The van der Waals surface area contributed by atoms with Crippen molar-refractivity contribution in [3.05, 3.63) is 11.8 Å². The fourth-order valence-corrected chi connectivity index (χ4v) is 2.00. The van der Waals surface area contributed by atoms with Crippen LogP contribution in [-0.2, 0) is 4.74 Å². The number of aromatic nitrogens is 2. The first-order chi connectivity index (χ1) is 7.49. The first kappa shape index (κ1) is 11.1. The van der Waals surface area contributed by atoms with E-state index in [4.69, 9.17) is 10.5 Å². The molecular weight excluding hydrogens is 204 g/mol. The Bertz CT molecular complexity index is 371. The van der Waals surface area contributed by atoms with Gasteiger partial charge in [-0.25, -0.2) is 4.98 Å². The summed E-state index contributed by atoms with van der Waals surface area (Å²) in [5.41, 5.74) is 6.52. The predicted molar refractivity (Wildman–Crippen MR) is 63.4 cm³/mol.